The molecule has 0 unspecified atom stereocenters. The fourth-order valence-electron chi connectivity index (χ4n) is 2.78. The topological polar surface area (TPSA) is 84.9 Å². The van der Waals surface area contributed by atoms with Crippen LogP contribution in [0.5, 0.6) is 11.5 Å². The van der Waals surface area contributed by atoms with Crippen molar-refractivity contribution in [3.8, 4) is 11.5 Å². The Labute approximate surface area is 182 Å². The lowest BCUT2D eigenvalue weighted by Gasteiger charge is -2.18. The maximum absolute atomic E-state index is 12.5. The quantitative estimate of drug-likeness (QED) is 0.550. The van der Waals surface area contributed by atoms with Gasteiger partial charge in [-0.25, -0.2) is 8.42 Å². The van der Waals surface area contributed by atoms with Crippen molar-refractivity contribution >= 4 is 21.6 Å². The number of anilines is 1. The van der Waals surface area contributed by atoms with Gasteiger partial charge in [-0.1, -0.05) is 30.3 Å². The van der Waals surface area contributed by atoms with Gasteiger partial charge in [-0.2, -0.15) is 0 Å². The van der Waals surface area contributed by atoms with Crippen LogP contribution < -0.4 is 14.2 Å². The summed E-state index contributed by atoms with van der Waals surface area (Å²) >= 11 is 0. The highest BCUT2D eigenvalue weighted by atomic mass is 32.2. The Hall–Kier alpha value is -3.52. The van der Waals surface area contributed by atoms with Crippen LogP contribution >= 0.6 is 0 Å². The molecule has 0 atom stereocenters. The van der Waals surface area contributed by atoms with Gasteiger partial charge in [0.05, 0.1) is 12.0 Å². The third-order valence-electron chi connectivity index (χ3n) is 4.53. The first-order valence-electron chi connectivity index (χ1n) is 9.55. The molecule has 8 heteroatoms. The summed E-state index contributed by atoms with van der Waals surface area (Å²) in [6.07, 6.45) is 0. The molecule has 0 aliphatic heterocycles. The second kappa shape index (κ2) is 9.99. The molecule has 0 radical (unpaired) electrons. The molecule has 0 aromatic heterocycles. The summed E-state index contributed by atoms with van der Waals surface area (Å²) in [5.74, 6) is 0.966. The first-order chi connectivity index (χ1) is 14.9. The van der Waals surface area contributed by atoms with Crippen LogP contribution in [-0.4, -0.2) is 40.0 Å². The molecule has 1 N–H and O–H groups in total. The Morgan fingerprint density at radius 3 is 2.13 bits per heavy atom. The summed E-state index contributed by atoms with van der Waals surface area (Å²) in [7, 11) is -0.408. The Morgan fingerprint density at radius 1 is 0.903 bits per heavy atom. The number of carbonyl (C=O) groups excluding carboxylic acids is 1. The average Bonchev–Trinajstić information content (AvgIpc) is 2.78. The van der Waals surface area contributed by atoms with Crippen LogP contribution in [0.15, 0.2) is 83.8 Å². The van der Waals surface area contributed by atoms with Gasteiger partial charge in [-0.15, -0.1) is 0 Å². The number of methoxy groups -OCH3 is 1. The zero-order chi connectivity index (χ0) is 22.3. The Kier molecular flexibility index (Phi) is 7.15. The maximum Gasteiger partial charge on any atom is 0.261 e. The third kappa shape index (κ3) is 6.23. The first-order valence-corrected chi connectivity index (χ1v) is 11.0. The molecular formula is C23H24N2O5S. The molecule has 0 saturated carbocycles. The van der Waals surface area contributed by atoms with Crippen LogP contribution in [0.2, 0.25) is 0 Å². The van der Waals surface area contributed by atoms with Crippen molar-refractivity contribution in [3.05, 3.63) is 84.4 Å². The van der Waals surface area contributed by atoms with Crippen LogP contribution in [-0.2, 0) is 21.4 Å². The van der Waals surface area contributed by atoms with E-state index in [0.717, 1.165) is 11.3 Å². The summed E-state index contributed by atoms with van der Waals surface area (Å²) in [4.78, 5) is 14.0. The Balaban J connectivity index is 1.53. The van der Waals surface area contributed by atoms with Crippen molar-refractivity contribution in [2.24, 2.45) is 0 Å². The normalized spacial score (nSPS) is 10.9. The van der Waals surface area contributed by atoms with Crippen LogP contribution in [0.3, 0.4) is 0 Å². The van der Waals surface area contributed by atoms with E-state index in [4.69, 9.17) is 9.47 Å². The van der Waals surface area contributed by atoms with E-state index in [-0.39, 0.29) is 17.4 Å². The monoisotopic (exact) mass is 440 g/mol. The third-order valence-corrected chi connectivity index (χ3v) is 5.92. The molecule has 0 saturated heterocycles. The van der Waals surface area contributed by atoms with E-state index in [1.807, 2.05) is 24.3 Å². The molecule has 0 bridgehead atoms. The number of sulfonamides is 1. The van der Waals surface area contributed by atoms with Crippen LogP contribution in [0, 0.1) is 0 Å². The highest BCUT2D eigenvalue weighted by molar-refractivity contribution is 7.92. The number of carbonyl (C=O) groups is 1. The van der Waals surface area contributed by atoms with Crippen LogP contribution in [0.25, 0.3) is 0 Å². The van der Waals surface area contributed by atoms with Crippen molar-refractivity contribution in [2.45, 2.75) is 11.4 Å². The standard InChI is InChI=1S/C23H24N2O5S/c1-25(16-18-8-10-20(29-2)11-9-18)23(26)17-30-21-12-14-22(15-13-21)31(27,28)24-19-6-4-3-5-7-19/h3-15,24H,16-17H2,1-2H3. The van der Waals surface area contributed by atoms with Gasteiger partial charge in [0.2, 0.25) is 0 Å². The predicted molar refractivity (Wildman–Crippen MR) is 119 cm³/mol. The first kappa shape index (κ1) is 22.2. The van der Waals surface area contributed by atoms with E-state index in [2.05, 4.69) is 4.72 Å². The molecule has 1 amide bonds. The smallest absolute Gasteiger partial charge is 0.261 e. The van der Waals surface area contributed by atoms with Crippen molar-refractivity contribution < 1.29 is 22.7 Å². The van der Waals surface area contributed by atoms with Gasteiger partial charge in [0.15, 0.2) is 6.61 Å². The van der Waals surface area contributed by atoms with Gasteiger partial charge in [0.25, 0.3) is 15.9 Å². The largest absolute Gasteiger partial charge is 0.497 e. The number of rotatable bonds is 9. The minimum atomic E-state index is -3.70. The van der Waals surface area contributed by atoms with Crippen molar-refractivity contribution in [1.82, 2.24) is 4.90 Å². The second-order valence-electron chi connectivity index (χ2n) is 6.83. The minimum absolute atomic E-state index is 0.103. The number of ether oxygens (including phenoxy) is 2. The molecule has 0 heterocycles. The average molecular weight is 441 g/mol. The van der Waals surface area contributed by atoms with Gasteiger partial charge in [0.1, 0.15) is 11.5 Å². The molecule has 31 heavy (non-hydrogen) atoms. The number of nitrogens with one attached hydrogen (secondary N) is 1. The van der Waals surface area contributed by atoms with Gasteiger partial charge in [-0.05, 0) is 54.1 Å². The van der Waals surface area contributed by atoms with E-state index in [1.165, 1.54) is 24.3 Å². The number of amides is 1. The number of hydrogen-bond acceptors (Lipinski definition) is 5. The van der Waals surface area contributed by atoms with E-state index in [9.17, 15) is 13.2 Å². The lowest BCUT2D eigenvalue weighted by Crippen LogP contribution is -2.30. The zero-order valence-electron chi connectivity index (χ0n) is 17.3. The SMILES string of the molecule is COc1ccc(CN(C)C(=O)COc2ccc(S(=O)(=O)Nc3ccccc3)cc2)cc1. The second-order valence-corrected chi connectivity index (χ2v) is 8.51. The lowest BCUT2D eigenvalue weighted by atomic mass is 10.2. The number of likely N-dealkylation sites (N-methyl/N-ethyl adjacent to an activating group) is 1. The number of hydrogen-bond donors (Lipinski definition) is 1. The minimum Gasteiger partial charge on any atom is -0.497 e. The Morgan fingerprint density at radius 2 is 1.52 bits per heavy atom. The molecule has 3 aromatic rings. The number of para-hydroxylation sites is 1. The summed E-state index contributed by atoms with van der Waals surface area (Å²) < 4.78 is 38.1. The predicted octanol–water partition coefficient (Wildman–Crippen LogP) is 3.53. The number of benzene rings is 3. The fraction of sp³-hybridized carbons (Fsp3) is 0.174. The van der Waals surface area contributed by atoms with Crippen molar-refractivity contribution in [1.29, 1.82) is 0 Å². The van der Waals surface area contributed by atoms with E-state index in [1.54, 1.807) is 49.4 Å². The van der Waals surface area contributed by atoms with E-state index >= 15 is 0 Å². The molecule has 0 aliphatic carbocycles. The molecule has 162 valence electrons. The molecule has 0 spiro atoms. The highest BCUT2D eigenvalue weighted by Crippen LogP contribution is 2.19. The molecule has 7 nitrogen and oxygen atoms in total. The van der Waals surface area contributed by atoms with Crippen LogP contribution in [0.1, 0.15) is 5.56 Å². The van der Waals surface area contributed by atoms with Gasteiger partial charge in [-0.3, -0.25) is 9.52 Å². The maximum atomic E-state index is 12.5. The molecule has 0 aliphatic rings. The lowest BCUT2D eigenvalue weighted by molar-refractivity contribution is -0.132. The van der Waals surface area contributed by atoms with Gasteiger partial charge < -0.3 is 14.4 Å². The summed E-state index contributed by atoms with van der Waals surface area (Å²) in [6, 6.07) is 22.0. The summed E-state index contributed by atoms with van der Waals surface area (Å²) in [5.41, 5.74) is 1.45. The molecule has 3 aromatic carbocycles. The number of nitrogens with zero attached hydrogens (tertiary/aromatic N) is 1. The summed E-state index contributed by atoms with van der Waals surface area (Å²) in [6.45, 7) is 0.287. The van der Waals surface area contributed by atoms with Crippen LogP contribution in [0.4, 0.5) is 5.69 Å². The fourth-order valence-corrected chi connectivity index (χ4v) is 3.84. The zero-order valence-corrected chi connectivity index (χ0v) is 18.1. The highest BCUT2D eigenvalue weighted by Gasteiger charge is 2.15. The summed E-state index contributed by atoms with van der Waals surface area (Å²) in [5, 5.41) is 0. The van der Waals surface area contributed by atoms with Gasteiger partial charge >= 0.3 is 0 Å². The molecule has 3 rings (SSSR count). The Bertz CT molecular complexity index is 1100. The van der Waals surface area contributed by atoms with Crippen molar-refractivity contribution in [3.63, 3.8) is 0 Å². The molecule has 0 fully saturated rings. The van der Waals surface area contributed by atoms with Gasteiger partial charge in [0, 0.05) is 19.3 Å². The van der Waals surface area contributed by atoms with E-state index < -0.39 is 10.0 Å². The van der Waals surface area contributed by atoms with E-state index in [0.29, 0.717) is 18.0 Å². The van der Waals surface area contributed by atoms with Crippen molar-refractivity contribution in [2.75, 3.05) is 25.5 Å². The molecular weight excluding hydrogens is 416 g/mol.